The molecular weight excluding hydrogens is 252 g/mol. The van der Waals surface area contributed by atoms with Gasteiger partial charge in [0.25, 0.3) is 0 Å². The largest absolute Gasteiger partial charge is 0.469 e. The molecule has 0 saturated heterocycles. The molecule has 0 bridgehead atoms. The Hall–Kier alpha value is -1.72. The Balaban J connectivity index is 4.68. The summed E-state index contributed by atoms with van der Waals surface area (Å²) >= 11 is 0. The second kappa shape index (κ2) is 9.24. The number of hydrogen-bond acceptors (Lipinski definition) is 6. The lowest BCUT2D eigenvalue weighted by molar-refractivity contribution is -0.146. The van der Waals surface area contributed by atoms with Gasteiger partial charge in [0, 0.05) is 0 Å². The molecule has 6 nitrogen and oxygen atoms in total. The fourth-order valence-electron chi connectivity index (χ4n) is 1.59. The van der Waals surface area contributed by atoms with Crippen LogP contribution in [0.5, 0.6) is 0 Å². The molecule has 19 heavy (non-hydrogen) atoms. The summed E-state index contributed by atoms with van der Waals surface area (Å²) in [6.45, 7) is 1.92. The lowest BCUT2D eigenvalue weighted by atomic mass is 9.90. The van der Waals surface area contributed by atoms with Crippen LogP contribution in [0.15, 0.2) is 0 Å². The third-order valence-corrected chi connectivity index (χ3v) is 2.72. The zero-order valence-corrected chi connectivity index (χ0v) is 11.6. The van der Waals surface area contributed by atoms with Crippen molar-refractivity contribution >= 4 is 23.5 Å². The maximum atomic E-state index is 11.9. The number of carbonyl (C=O) groups is 4. The Morgan fingerprint density at radius 1 is 0.895 bits per heavy atom. The molecule has 0 aliphatic carbocycles. The summed E-state index contributed by atoms with van der Waals surface area (Å²) in [5.41, 5.74) is 0. The molecule has 0 aromatic carbocycles. The molecule has 0 fully saturated rings. The minimum atomic E-state index is -0.932. The number of hydrogen-bond donors (Lipinski definition) is 0. The summed E-state index contributed by atoms with van der Waals surface area (Å²) in [6.07, 6.45) is 0.926. The maximum Gasteiger partial charge on any atom is 0.313 e. The van der Waals surface area contributed by atoms with E-state index in [1.807, 2.05) is 6.92 Å². The predicted octanol–water partition coefficient (Wildman–Crippen LogP) is 1.06. The van der Waals surface area contributed by atoms with Crippen LogP contribution in [0.1, 0.15) is 39.0 Å². The minimum absolute atomic E-state index is 0.335. The molecule has 0 saturated carbocycles. The van der Waals surface area contributed by atoms with Crippen LogP contribution in [-0.4, -0.2) is 37.7 Å². The third-order valence-electron chi connectivity index (χ3n) is 2.72. The molecule has 0 aromatic heterocycles. The third kappa shape index (κ3) is 6.69. The molecule has 0 rings (SSSR count). The number of rotatable bonds is 9. The summed E-state index contributed by atoms with van der Waals surface area (Å²) in [5, 5.41) is 0. The molecule has 0 aromatic rings. The summed E-state index contributed by atoms with van der Waals surface area (Å²) in [7, 11) is 2.35. The van der Waals surface area contributed by atoms with E-state index in [9.17, 15) is 19.2 Å². The van der Waals surface area contributed by atoms with Crippen molar-refractivity contribution in [3.05, 3.63) is 0 Å². The molecule has 6 heteroatoms. The fourth-order valence-corrected chi connectivity index (χ4v) is 1.59. The van der Waals surface area contributed by atoms with Crippen LogP contribution >= 0.6 is 0 Å². The Bertz CT molecular complexity index is 317. The first-order valence-electron chi connectivity index (χ1n) is 6.15. The van der Waals surface area contributed by atoms with E-state index in [0.717, 1.165) is 6.42 Å². The van der Waals surface area contributed by atoms with Gasteiger partial charge in [0.1, 0.15) is 12.8 Å². The summed E-state index contributed by atoms with van der Waals surface area (Å²) in [5.74, 6) is -3.31. The first-order chi connectivity index (χ1) is 8.96. The van der Waals surface area contributed by atoms with Crippen LogP contribution in [0.25, 0.3) is 0 Å². The summed E-state index contributed by atoms with van der Waals surface area (Å²) < 4.78 is 8.79. The molecule has 0 radical (unpaired) electrons. The number of ether oxygens (including phenoxy) is 2. The molecule has 0 heterocycles. The van der Waals surface area contributed by atoms with Gasteiger partial charge in [-0.1, -0.05) is 19.8 Å². The summed E-state index contributed by atoms with van der Waals surface area (Å²) in [6, 6.07) is 0. The molecule has 0 N–H and O–H groups in total. The molecule has 0 spiro atoms. The monoisotopic (exact) mass is 272 g/mol. The number of methoxy groups -OCH3 is 2. The Kier molecular flexibility index (Phi) is 8.41. The molecule has 0 amide bonds. The smallest absolute Gasteiger partial charge is 0.313 e. The van der Waals surface area contributed by atoms with Crippen molar-refractivity contribution in [2.24, 2.45) is 5.92 Å². The van der Waals surface area contributed by atoms with E-state index >= 15 is 0 Å². The molecule has 0 aliphatic heterocycles. The minimum Gasteiger partial charge on any atom is -0.469 e. The summed E-state index contributed by atoms with van der Waals surface area (Å²) in [4.78, 5) is 45.8. The lowest BCUT2D eigenvalue weighted by Crippen LogP contribution is -2.28. The van der Waals surface area contributed by atoms with E-state index in [2.05, 4.69) is 9.47 Å². The second-order valence-corrected chi connectivity index (χ2v) is 4.13. The van der Waals surface area contributed by atoms with E-state index in [1.165, 1.54) is 14.2 Å². The van der Waals surface area contributed by atoms with Crippen molar-refractivity contribution < 1.29 is 28.7 Å². The number of esters is 2. The number of Topliss-reactive ketones (excluding diaryl/α,β-unsaturated/α-hetero) is 2. The SMILES string of the molecule is CCCCC(C(=O)CC(=O)OC)C(=O)CC(=O)OC. The van der Waals surface area contributed by atoms with Gasteiger partial charge >= 0.3 is 11.9 Å². The van der Waals surface area contributed by atoms with Gasteiger partial charge in [-0.25, -0.2) is 0 Å². The van der Waals surface area contributed by atoms with Gasteiger partial charge in [-0.05, 0) is 6.42 Å². The number of carbonyl (C=O) groups excluding carboxylic acids is 4. The van der Waals surface area contributed by atoms with Gasteiger partial charge < -0.3 is 9.47 Å². The highest BCUT2D eigenvalue weighted by atomic mass is 16.5. The van der Waals surface area contributed by atoms with Gasteiger partial charge in [0.05, 0.1) is 20.1 Å². The molecule has 108 valence electrons. The van der Waals surface area contributed by atoms with Crippen LogP contribution in [0.2, 0.25) is 0 Å². The highest BCUT2D eigenvalue weighted by Crippen LogP contribution is 2.15. The van der Waals surface area contributed by atoms with Gasteiger partial charge in [-0.3, -0.25) is 19.2 Å². The van der Waals surface area contributed by atoms with Crippen molar-refractivity contribution in [2.45, 2.75) is 39.0 Å². The lowest BCUT2D eigenvalue weighted by Gasteiger charge is -2.13. The van der Waals surface area contributed by atoms with Crippen molar-refractivity contribution in [3.63, 3.8) is 0 Å². The van der Waals surface area contributed by atoms with Crippen LogP contribution in [0, 0.1) is 5.92 Å². The van der Waals surface area contributed by atoms with Crippen LogP contribution in [0.3, 0.4) is 0 Å². The van der Waals surface area contributed by atoms with Gasteiger partial charge in [0.15, 0.2) is 11.6 Å². The van der Waals surface area contributed by atoms with E-state index in [1.54, 1.807) is 0 Å². The van der Waals surface area contributed by atoms with E-state index in [4.69, 9.17) is 0 Å². The molecule has 0 unspecified atom stereocenters. The molecule has 0 atom stereocenters. The maximum absolute atomic E-state index is 11.9. The molecule has 0 aliphatic rings. The van der Waals surface area contributed by atoms with Gasteiger partial charge in [-0.2, -0.15) is 0 Å². The quantitative estimate of drug-likeness (QED) is 0.460. The topological polar surface area (TPSA) is 86.7 Å². The number of ketones is 2. The van der Waals surface area contributed by atoms with Crippen molar-refractivity contribution in [1.82, 2.24) is 0 Å². The predicted molar refractivity (Wildman–Crippen MR) is 66.3 cm³/mol. The second-order valence-electron chi connectivity index (χ2n) is 4.13. The highest BCUT2D eigenvalue weighted by molar-refractivity contribution is 6.11. The highest BCUT2D eigenvalue weighted by Gasteiger charge is 2.29. The fraction of sp³-hybridized carbons (Fsp3) is 0.692. The van der Waals surface area contributed by atoms with Crippen LogP contribution in [0.4, 0.5) is 0 Å². The van der Waals surface area contributed by atoms with E-state index < -0.39 is 42.3 Å². The zero-order valence-electron chi connectivity index (χ0n) is 11.6. The van der Waals surface area contributed by atoms with Crippen LogP contribution in [-0.2, 0) is 28.7 Å². The first kappa shape index (κ1) is 17.3. The Labute approximate surface area is 112 Å². The first-order valence-corrected chi connectivity index (χ1v) is 6.15. The van der Waals surface area contributed by atoms with Gasteiger partial charge in [-0.15, -0.1) is 0 Å². The van der Waals surface area contributed by atoms with Crippen LogP contribution < -0.4 is 0 Å². The average molecular weight is 272 g/mol. The van der Waals surface area contributed by atoms with E-state index in [0.29, 0.717) is 12.8 Å². The Morgan fingerprint density at radius 3 is 1.63 bits per heavy atom. The van der Waals surface area contributed by atoms with Crippen molar-refractivity contribution in [1.29, 1.82) is 0 Å². The molecular formula is C13H20O6. The average Bonchev–Trinajstić information content (AvgIpc) is 2.38. The van der Waals surface area contributed by atoms with E-state index in [-0.39, 0.29) is 0 Å². The Morgan fingerprint density at radius 2 is 1.32 bits per heavy atom. The number of unbranched alkanes of at least 4 members (excludes halogenated alkanes) is 1. The standard InChI is InChI=1S/C13H20O6/c1-4-5-6-9(10(14)7-12(16)18-2)11(15)8-13(17)19-3/h9H,4-8H2,1-3H3. The van der Waals surface area contributed by atoms with Crippen molar-refractivity contribution in [3.8, 4) is 0 Å². The van der Waals surface area contributed by atoms with Gasteiger partial charge in [0.2, 0.25) is 0 Å². The van der Waals surface area contributed by atoms with Crippen molar-refractivity contribution in [2.75, 3.05) is 14.2 Å². The zero-order chi connectivity index (χ0) is 14.8. The normalized spacial score (nSPS) is 10.1.